The van der Waals surface area contributed by atoms with Gasteiger partial charge in [-0.25, -0.2) is 0 Å². The molecule has 0 aliphatic heterocycles. The lowest BCUT2D eigenvalue weighted by atomic mass is 10.1. The summed E-state index contributed by atoms with van der Waals surface area (Å²) in [7, 11) is 0. The molecule has 1 aromatic carbocycles. The second-order valence-electron chi connectivity index (χ2n) is 2.72. The van der Waals surface area contributed by atoms with Crippen LogP contribution in [0.15, 0.2) is 12.1 Å². The van der Waals surface area contributed by atoms with Gasteiger partial charge >= 0.3 is 5.69 Å². The Kier molecular flexibility index (Phi) is 3.76. The molecule has 0 amide bonds. The molecule has 0 atom stereocenters. The maximum absolute atomic E-state index is 10.6. The van der Waals surface area contributed by atoms with Gasteiger partial charge in [-0.05, 0) is 6.07 Å². The topological polar surface area (TPSA) is 87.2 Å². The first-order valence-corrected chi connectivity index (χ1v) is 4.74. The predicted molar refractivity (Wildman–Crippen MR) is 60.2 cm³/mol. The first kappa shape index (κ1) is 11.9. The third kappa shape index (κ3) is 2.44. The lowest BCUT2D eigenvalue weighted by Gasteiger charge is -1.99. The van der Waals surface area contributed by atoms with Gasteiger partial charge in [0.15, 0.2) is 0 Å². The average molecular weight is 234 g/mol. The average Bonchev–Trinajstić information content (AvgIpc) is 2.27. The fourth-order valence-electron chi connectivity index (χ4n) is 1.05. The summed E-state index contributed by atoms with van der Waals surface area (Å²) in [6.45, 7) is 0. The molecule has 0 unspecified atom stereocenters. The highest BCUT2D eigenvalue weighted by atomic mass is 32.1. The number of hydrogen-bond acceptors (Lipinski definition) is 5. The third-order valence-electron chi connectivity index (χ3n) is 1.72. The minimum absolute atomic E-state index is 0.0554. The minimum Gasteiger partial charge on any atom is -0.501 e. The molecule has 16 heavy (non-hydrogen) atoms. The first-order chi connectivity index (χ1) is 7.60. The molecule has 0 aliphatic rings. The predicted octanol–water partition coefficient (Wildman–Crippen LogP) is 1.45. The largest absolute Gasteiger partial charge is 0.501 e. The van der Waals surface area contributed by atoms with Crippen LogP contribution < -0.4 is 0 Å². The molecule has 0 saturated carbocycles. The van der Waals surface area contributed by atoms with Crippen LogP contribution in [0.1, 0.15) is 11.1 Å². The molecular formula is C10H6N2O3S. The van der Waals surface area contributed by atoms with Gasteiger partial charge in [0, 0.05) is 6.07 Å². The van der Waals surface area contributed by atoms with Gasteiger partial charge in [0.05, 0.1) is 27.9 Å². The molecule has 6 heteroatoms. The summed E-state index contributed by atoms with van der Waals surface area (Å²) in [4.78, 5) is 9.83. The van der Waals surface area contributed by atoms with Crippen molar-refractivity contribution in [1.82, 2.24) is 0 Å². The molecule has 0 aromatic heterocycles. The Balaban J connectivity index is 3.44. The van der Waals surface area contributed by atoms with Gasteiger partial charge in [0.2, 0.25) is 5.75 Å². The highest BCUT2D eigenvalue weighted by molar-refractivity contribution is 7.80. The normalized spacial score (nSPS) is 8.75. The van der Waals surface area contributed by atoms with Crippen LogP contribution in [0, 0.1) is 33.3 Å². The molecule has 0 radical (unpaired) electrons. The van der Waals surface area contributed by atoms with E-state index in [4.69, 9.17) is 5.26 Å². The SMILES string of the molecule is N#Cc1cc(C#CCS)c(O)c([N+](=O)[O-])c1. The van der Waals surface area contributed by atoms with Gasteiger partial charge in [-0.2, -0.15) is 17.9 Å². The van der Waals surface area contributed by atoms with Crippen LogP contribution in [0.5, 0.6) is 5.75 Å². The second kappa shape index (κ2) is 5.06. The molecule has 80 valence electrons. The van der Waals surface area contributed by atoms with Crippen molar-refractivity contribution in [3.8, 4) is 23.7 Å². The van der Waals surface area contributed by atoms with E-state index in [2.05, 4.69) is 24.5 Å². The quantitative estimate of drug-likeness (QED) is 0.333. The fraction of sp³-hybridized carbons (Fsp3) is 0.100. The van der Waals surface area contributed by atoms with E-state index in [0.717, 1.165) is 6.07 Å². The summed E-state index contributed by atoms with van der Waals surface area (Å²) >= 11 is 3.85. The molecule has 1 aromatic rings. The van der Waals surface area contributed by atoms with E-state index in [1.807, 2.05) is 0 Å². The van der Waals surface area contributed by atoms with E-state index >= 15 is 0 Å². The Morgan fingerprint density at radius 3 is 2.75 bits per heavy atom. The van der Waals surface area contributed by atoms with E-state index in [1.54, 1.807) is 6.07 Å². The van der Waals surface area contributed by atoms with Gasteiger partial charge in [-0.15, -0.1) is 0 Å². The highest BCUT2D eigenvalue weighted by Crippen LogP contribution is 2.30. The van der Waals surface area contributed by atoms with Crippen molar-refractivity contribution in [2.45, 2.75) is 0 Å². The Bertz CT molecular complexity index is 537. The number of aromatic hydroxyl groups is 1. The number of nitro benzene ring substituents is 1. The summed E-state index contributed by atoms with van der Waals surface area (Å²) < 4.78 is 0. The number of nitro groups is 1. The number of nitrogens with zero attached hydrogens (tertiary/aromatic N) is 2. The summed E-state index contributed by atoms with van der Waals surface area (Å²) in [5, 5.41) is 28.8. The lowest BCUT2D eigenvalue weighted by molar-refractivity contribution is -0.385. The first-order valence-electron chi connectivity index (χ1n) is 4.11. The number of benzene rings is 1. The molecule has 0 saturated heterocycles. The van der Waals surface area contributed by atoms with E-state index in [0.29, 0.717) is 0 Å². The minimum atomic E-state index is -0.762. The maximum atomic E-state index is 10.6. The van der Waals surface area contributed by atoms with Crippen LogP contribution in [-0.4, -0.2) is 15.8 Å². The lowest BCUT2D eigenvalue weighted by Crippen LogP contribution is -1.92. The summed E-state index contributed by atoms with van der Waals surface area (Å²) in [6.07, 6.45) is 0. The van der Waals surface area contributed by atoms with Crippen LogP contribution >= 0.6 is 12.6 Å². The Morgan fingerprint density at radius 1 is 1.56 bits per heavy atom. The standard InChI is InChI=1S/C10H6N2O3S/c11-6-7-4-8(2-1-3-16)10(13)9(5-7)12(14)15/h4-5,13,16H,3H2. The van der Waals surface area contributed by atoms with Gasteiger partial charge < -0.3 is 5.11 Å². The van der Waals surface area contributed by atoms with E-state index in [9.17, 15) is 15.2 Å². The van der Waals surface area contributed by atoms with Crippen LogP contribution in [0.4, 0.5) is 5.69 Å². The van der Waals surface area contributed by atoms with Crippen LogP contribution in [0.2, 0.25) is 0 Å². The summed E-state index contributed by atoms with van der Waals surface area (Å²) in [5.74, 6) is 4.77. The van der Waals surface area contributed by atoms with Crippen molar-refractivity contribution in [3.05, 3.63) is 33.4 Å². The molecule has 5 nitrogen and oxygen atoms in total. The highest BCUT2D eigenvalue weighted by Gasteiger charge is 2.18. The van der Waals surface area contributed by atoms with Gasteiger partial charge in [-0.1, -0.05) is 11.8 Å². The number of hydrogen-bond donors (Lipinski definition) is 2. The fourth-order valence-corrected chi connectivity index (χ4v) is 1.13. The van der Waals surface area contributed by atoms with Crippen LogP contribution in [-0.2, 0) is 0 Å². The molecule has 0 spiro atoms. The third-order valence-corrected chi connectivity index (χ3v) is 1.88. The van der Waals surface area contributed by atoms with Crippen molar-refractivity contribution in [3.63, 3.8) is 0 Å². The number of thiol groups is 1. The van der Waals surface area contributed by atoms with Crippen LogP contribution in [0.3, 0.4) is 0 Å². The van der Waals surface area contributed by atoms with Gasteiger partial charge in [0.1, 0.15) is 0 Å². The van der Waals surface area contributed by atoms with E-state index < -0.39 is 16.4 Å². The number of rotatable bonds is 1. The maximum Gasteiger partial charge on any atom is 0.313 e. The Labute approximate surface area is 96.9 Å². The number of phenolic OH excluding ortho intramolecular Hbond substituents is 1. The van der Waals surface area contributed by atoms with Crippen molar-refractivity contribution in [1.29, 1.82) is 5.26 Å². The second-order valence-corrected chi connectivity index (χ2v) is 3.04. The molecule has 1 N–H and O–H groups in total. The molecule has 0 aliphatic carbocycles. The molecular weight excluding hydrogens is 228 g/mol. The van der Waals surface area contributed by atoms with Crippen LogP contribution in [0.25, 0.3) is 0 Å². The Hall–Kier alpha value is -2.18. The van der Waals surface area contributed by atoms with Gasteiger partial charge in [0.25, 0.3) is 0 Å². The van der Waals surface area contributed by atoms with Crippen molar-refractivity contribution < 1.29 is 10.0 Å². The zero-order valence-electron chi connectivity index (χ0n) is 7.97. The summed E-state index contributed by atoms with van der Waals surface area (Å²) in [5.41, 5.74) is -0.393. The van der Waals surface area contributed by atoms with Gasteiger partial charge in [-0.3, -0.25) is 10.1 Å². The monoisotopic (exact) mass is 234 g/mol. The smallest absolute Gasteiger partial charge is 0.313 e. The molecule has 0 fully saturated rings. The van der Waals surface area contributed by atoms with E-state index in [-0.39, 0.29) is 16.9 Å². The zero-order chi connectivity index (χ0) is 12.1. The molecule has 1 rings (SSSR count). The number of nitriles is 1. The van der Waals surface area contributed by atoms with Crippen molar-refractivity contribution in [2.24, 2.45) is 0 Å². The van der Waals surface area contributed by atoms with Crippen molar-refractivity contribution >= 4 is 18.3 Å². The Morgan fingerprint density at radius 2 is 2.25 bits per heavy atom. The molecule has 0 heterocycles. The van der Waals surface area contributed by atoms with Crippen molar-refractivity contribution in [2.75, 3.05) is 5.75 Å². The summed E-state index contributed by atoms with van der Waals surface area (Å²) in [6, 6.07) is 4.06. The zero-order valence-corrected chi connectivity index (χ0v) is 8.86. The molecule has 0 bridgehead atoms. The van der Waals surface area contributed by atoms with E-state index in [1.165, 1.54) is 6.07 Å². The number of phenols is 1.